The third kappa shape index (κ3) is 3.41. The van der Waals surface area contributed by atoms with Crippen LogP contribution >= 0.6 is 0 Å². The highest BCUT2D eigenvalue weighted by Crippen LogP contribution is 2.27. The van der Waals surface area contributed by atoms with Crippen LogP contribution in [0.5, 0.6) is 5.75 Å². The minimum Gasteiger partial charge on any atom is -0.508 e. The van der Waals surface area contributed by atoms with Crippen LogP contribution in [0.15, 0.2) is 42.5 Å². The van der Waals surface area contributed by atoms with Crippen molar-refractivity contribution >= 4 is 11.7 Å². The highest BCUT2D eigenvalue weighted by molar-refractivity contribution is 5.76. The molecule has 114 valence electrons. The first-order valence-electron chi connectivity index (χ1n) is 6.64. The molecule has 0 bridgehead atoms. The first-order valence-corrected chi connectivity index (χ1v) is 6.64. The van der Waals surface area contributed by atoms with Gasteiger partial charge in [-0.15, -0.1) is 0 Å². The monoisotopic (exact) mass is 301 g/mol. The number of hydrogen-bond donors (Lipinski definition) is 2. The maximum Gasteiger partial charge on any atom is 0.311 e. The number of benzene rings is 2. The van der Waals surface area contributed by atoms with Gasteiger partial charge in [-0.05, 0) is 36.6 Å². The second-order valence-corrected chi connectivity index (χ2v) is 5.07. The molecule has 22 heavy (non-hydrogen) atoms. The SMILES string of the molecule is Cc1ccc(CC(C(=O)O)c2cccc(O)c2)cc1[N+](=O)[O-]. The Morgan fingerprint density at radius 3 is 2.59 bits per heavy atom. The lowest BCUT2D eigenvalue weighted by Gasteiger charge is -2.13. The number of carbonyl (C=O) groups is 1. The minimum atomic E-state index is -1.05. The Morgan fingerprint density at radius 1 is 1.27 bits per heavy atom. The van der Waals surface area contributed by atoms with Crippen LogP contribution in [0.4, 0.5) is 5.69 Å². The van der Waals surface area contributed by atoms with Gasteiger partial charge in [-0.1, -0.05) is 24.3 Å². The van der Waals surface area contributed by atoms with E-state index in [4.69, 9.17) is 0 Å². The molecule has 2 rings (SSSR count). The summed E-state index contributed by atoms with van der Waals surface area (Å²) in [5, 5.41) is 29.8. The van der Waals surface area contributed by atoms with Crippen LogP contribution in [0, 0.1) is 17.0 Å². The van der Waals surface area contributed by atoms with Crippen LogP contribution in [0.2, 0.25) is 0 Å². The molecule has 2 aromatic rings. The van der Waals surface area contributed by atoms with E-state index in [-0.39, 0.29) is 17.9 Å². The fraction of sp³-hybridized carbons (Fsp3) is 0.188. The Hall–Kier alpha value is -2.89. The van der Waals surface area contributed by atoms with Gasteiger partial charge in [-0.3, -0.25) is 14.9 Å². The number of rotatable bonds is 5. The molecule has 0 heterocycles. The first-order chi connectivity index (χ1) is 10.4. The van der Waals surface area contributed by atoms with Crippen molar-refractivity contribution in [1.82, 2.24) is 0 Å². The Kier molecular flexibility index (Phi) is 4.41. The number of nitrogens with zero attached hydrogens (tertiary/aromatic N) is 1. The van der Waals surface area contributed by atoms with E-state index in [2.05, 4.69) is 0 Å². The Balaban J connectivity index is 2.35. The number of carboxylic acids is 1. The van der Waals surface area contributed by atoms with Crippen LogP contribution in [-0.2, 0) is 11.2 Å². The van der Waals surface area contributed by atoms with Gasteiger partial charge in [-0.2, -0.15) is 0 Å². The van der Waals surface area contributed by atoms with Gasteiger partial charge in [0.05, 0.1) is 10.8 Å². The molecule has 2 N–H and O–H groups in total. The molecule has 0 aliphatic carbocycles. The number of phenolic OH excluding ortho intramolecular Hbond substituents is 1. The molecule has 0 saturated heterocycles. The predicted molar refractivity (Wildman–Crippen MR) is 80.0 cm³/mol. The Bertz CT molecular complexity index is 726. The quantitative estimate of drug-likeness (QED) is 0.653. The maximum absolute atomic E-state index is 11.5. The van der Waals surface area contributed by atoms with Crippen LogP contribution in [0.1, 0.15) is 22.6 Å². The van der Waals surface area contributed by atoms with Crippen LogP contribution < -0.4 is 0 Å². The number of phenols is 1. The van der Waals surface area contributed by atoms with E-state index in [1.165, 1.54) is 18.2 Å². The number of carboxylic acid groups (broad SMARTS) is 1. The van der Waals surface area contributed by atoms with E-state index < -0.39 is 16.8 Å². The predicted octanol–water partition coefficient (Wildman–Crippen LogP) is 3.02. The van der Waals surface area contributed by atoms with Crippen molar-refractivity contribution in [2.45, 2.75) is 19.3 Å². The van der Waals surface area contributed by atoms with Crippen molar-refractivity contribution < 1.29 is 19.9 Å². The first kappa shape index (κ1) is 15.5. The summed E-state index contributed by atoms with van der Waals surface area (Å²) in [6, 6.07) is 10.7. The highest BCUT2D eigenvalue weighted by Gasteiger charge is 2.22. The zero-order valence-corrected chi connectivity index (χ0v) is 11.9. The number of nitro benzene ring substituents is 1. The molecule has 0 fully saturated rings. The Morgan fingerprint density at radius 2 is 2.00 bits per heavy atom. The molecule has 6 heteroatoms. The molecule has 1 atom stereocenters. The largest absolute Gasteiger partial charge is 0.508 e. The molecule has 0 spiro atoms. The van der Waals surface area contributed by atoms with Crippen LogP contribution in [0.25, 0.3) is 0 Å². The van der Waals surface area contributed by atoms with E-state index in [0.29, 0.717) is 16.7 Å². The number of nitro groups is 1. The van der Waals surface area contributed by atoms with E-state index in [1.807, 2.05) is 0 Å². The normalized spacial score (nSPS) is 11.9. The molecule has 0 aromatic heterocycles. The number of aromatic hydroxyl groups is 1. The fourth-order valence-electron chi connectivity index (χ4n) is 2.30. The van der Waals surface area contributed by atoms with Crippen molar-refractivity contribution in [3.8, 4) is 5.75 Å². The zero-order chi connectivity index (χ0) is 16.3. The zero-order valence-electron chi connectivity index (χ0n) is 11.9. The van der Waals surface area contributed by atoms with Gasteiger partial charge in [0, 0.05) is 11.6 Å². The average Bonchev–Trinajstić information content (AvgIpc) is 2.45. The van der Waals surface area contributed by atoms with Gasteiger partial charge in [0.2, 0.25) is 0 Å². The van der Waals surface area contributed by atoms with Gasteiger partial charge >= 0.3 is 5.97 Å². The molecule has 0 saturated carbocycles. The average molecular weight is 301 g/mol. The van der Waals surface area contributed by atoms with Gasteiger partial charge < -0.3 is 10.2 Å². The molecule has 0 amide bonds. The standard InChI is InChI=1S/C16H15NO5/c1-10-5-6-11(8-15(10)17(21)22)7-14(16(19)20)12-3-2-4-13(18)9-12/h2-6,8-9,14,18H,7H2,1H3,(H,19,20). The van der Waals surface area contributed by atoms with Crippen molar-refractivity contribution in [3.05, 3.63) is 69.3 Å². The molecule has 2 aromatic carbocycles. The summed E-state index contributed by atoms with van der Waals surface area (Å²) in [5.74, 6) is -1.94. The lowest BCUT2D eigenvalue weighted by molar-refractivity contribution is -0.385. The molecule has 0 aliphatic rings. The molecule has 0 radical (unpaired) electrons. The highest BCUT2D eigenvalue weighted by atomic mass is 16.6. The summed E-state index contributed by atoms with van der Waals surface area (Å²) in [6.07, 6.45) is 0.111. The van der Waals surface area contributed by atoms with Crippen molar-refractivity contribution in [2.24, 2.45) is 0 Å². The number of hydrogen-bond acceptors (Lipinski definition) is 4. The van der Waals surface area contributed by atoms with E-state index >= 15 is 0 Å². The van der Waals surface area contributed by atoms with Crippen LogP contribution in [0.3, 0.4) is 0 Å². The van der Waals surface area contributed by atoms with Crippen molar-refractivity contribution in [3.63, 3.8) is 0 Å². The lowest BCUT2D eigenvalue weighted by atomic mass is 9.91. The molecular weight excluding hydrogens is 286 g/mol. The summed E-state index contributed by atoms with van der Waals surface area (Å²) in [4.78, 5) is 22.0. The summed E-state index contributed by atoms with van der Waals surface area (Å²) < 4.78 is 0. The third-order valence-electron chi connectivity index (χ3n) is 3.48. The van der Waals surface area contributed by atoms with Crippen LogP contribution in [-0.4, -0.2) is 21.1 Å². The topological polar surface area (TPSA) is 101 Å². The third-order valence-corrected chi connectivity index (χ3v) is 3.48. The summed E-state index contributed by atoms with van der Waals surface area (Å²) in [6.45, 7) is 1.63. The summed E-state index contributed by atoms with van der Waals surface area (Å²) in [7, 11) is 0. The second-order valence-electron chi connectivity index (χ2n) is 5.07. The molecule has 6 nitrogen and oxygen atoms in total. The van der Waals surface area contributed by atoms with Gasteiger partial charge in [-0.25, -0.2) is 0 Å². The molecular formula is C16H15NO5. The van der Waals surface area contributed by atoms with Crippen molar-refractivity contribution in [2.75, 3.05) is 0 Å². The molecule has 0 aliphatic heterocycles. The smallest absolute Gasteiger partial charge is 0.311 e. The van der Waals surface area contributed by atoms with E-state index in [9.17, 15) is 25.1 Å². The number of aliphatic carboxylic acids is 1. The Labute approximate surface area is 126 Å². The number of aryl methyl sites for hydroxylation is 1. The van der Waals surface area contributed by atoms with Crippen molar-refractivity contribution in [1.29, 1.82) is 0 Å². The fourth-order valence-corrected chi connectivity index (χ4v) is 2.30. The lowest BCUT2D eigenvalue weighted by Crippen LogP contribution is -2.14. The summed E-state index contributed by atoms with van der Waals surface area (Å²) >= 11 is 0. The summed E-state index contributed by atoms with van der Waals surface area (Å²) in [5.41, 5.74) is 1.51. The molecule has 1 unspecified atom stereocenters. The minimum absolute atomic E-state index is 0.0152. The van der Waals surface area contributed by atoms with Gasteiger partial charge in [0.1, 0.15) is 5.75 Å². The van der Waals surface area contributed by atoms with Gasteiger partial charge in [0.25, 0.3) is 5.69 Å². The van der Waals surface area contributed by atoms with E-state index in [1.54, 1.807) is 31.2 Å². The second kappa shape index (κ2) is 6.26. The van der Waals surface area contributed by atoms with E-state index in [0.717, 1.165) is 0 Å². The van der Waals surface area contributed by atoms with Gasteiger partial charge in [0.15, 0.2) is 0 Å². The maximum atomic E-state index is 11.5.